The molecule has 1 atom stereocenters. The number of nitrogens with one attached hydrogen (secondary N) is 1. The molecule has 0 amide bonds. The summed E-state index contributed by atoms with van der Waals surface area (Å²) in [5.74, 6) is 2.64. The van der Waals surface area contributed by atoms with Crippen LogP contribution in [-0.4, -0.2) is 19.7 Å². The summed E-state index contributed by atoms with van der Waals surface area (Å²) in [7, 11) is 0. The Morgan fingerprint density at radius 2 is 2.40 bits per heavy atom. The van der Waals surface area contributed by atoms with Crippen LogP contribution in [0.2, 0.25) is 0 Å². The van der Waals surface area contributed by atoms with E-state index in [1.807, 2.05) is 10.7 Å². The second kappa shape index (κ2) is 5.29. The predicted octanol–water partition coefficient (Wildman–Crippen LogP) is 2.05. The van der Waals surface area contributed by atoms with Gasteiger partial charge in [-0.25, -0.2) is 14.6 Å². The van der Waals surface area contributed by atoms with E-state index in [2.05, 4.69) is 33.4 Å². The van der Waals surface area contributed by atoms with Crippen molar-refractivity contribution in [3.63, 3.8) is 0 Å². The quantitative estimate of drug-likeness (QED) is 0.921. The van der Waals surface area contributed by atoms with Gasteiger partial charge in [-0.3, -0.25) is 0 Å². The van der Waals surface area contributed by atoms with Crippen molar-refractivity contribution >= 4 is 5.82 Å². The third-order valence-corrected chi connectivity index (χ3v) is 3.45. The molecular weight excluding hydrogens is 252 g/mol. The minimum atomic E-state index is 0.136. The van der Waals surface area contributed by atoms with Gasteiger partial charge in [-0.2, -0.15) is 10.4 Å². The van der Waals surface area contributed by atoms with E-state index in [-0.39, 0.29) is 6.04 Å². The molecule has 2 aromatic heterocycles. The van der Waals surface area contributed by atoms with Gasteiger partial charge in [0.25, 0.3) is 0 Å². The predicted molar refractivity (Wildman–Crippen MR) is 73.9 cm³/mol. The first kappa shape index (κ1) is 12.6. The molecule has 6 heteroatoms. The van der Waals surface area contributed by atoms with Gasteiger partial charge in [-0.05, 0) is 25.0 Å². The summed E-state index contributed by atoms with van der Waals surface area (Å²) in [6.07, 6.45) is 4.52. The van der Waals surface area contributed by atoms with E-state index in [4.69, 9.17) is 5.26 Å². The van der Waals surface area contributed by atoms with Crippen LogP contribution in [0.1, 0.15) is 43.0 Å². The number of pyridine rings is 1. The summed E-state index contributed by atoms with van der Waals surface area (Å²) >= 11 is 0. The average molecular weight is 268 g/mol. The molecule has 0 unspecified atom stereocenters. The molecule has 20 heavy (non-hydrogen) atoms. The van der Waals surface area contributed by atoms with Gasteiger partial charge in [0.1, 0.15) is 17.7 Å². The van der Waals surface area contributed by atoms with E-state index in [0.717, 1.165) is 43.3 Å². The lowest BCUT2D eigenvalue weighted by atomic mass is 10.1. The molecule has 0 bridgehead atoms. The Morgan fingerprint density at radius 3 is 3.10 bits per heavy atom. The van der Waals surface area contributed by atoms with Gasteiger partial charge in [0.2, 0.25) is 0 Å². The second-order valence-corrected chi connectivity index (χ2v) is 4.85. The minimum Gasteiger partial charge on any atom is -0.360 e. The molecule has 0 aromatic carbocycles. The van der Waals surface area contributed by atoms with Crippen LogP contribution in [0.3, 0.4) is 0 Å². The third kappa shape index (κ3) is 2.35. The van der Waals surface area contributed by atoms with Crippen LogP contribution in [0, 0.1) is 11.3 Å². The number of anilines is 1. The van der Waals surface area contributed by atoms with Crippen molar-refractivity contribution in [3.05, 3.63) is 35.5 Å². The zero-order valence-corrected chi connectivity index (χ0v) is 11.4. The van der Waals surface area contributed by atoms with Crippen molar-refractivity contribution < 1.29 is 0 Å². The van der Waals surface area contributed by atoms with Gasteiger partial charge in [-0.15, -0.1) is 0 Å². The Balaban J connectivity index is 1.81. The molecule has 0 saturated heterocycles. The topological polar surface area (TPSA) is 79.4 Å². The molecule has 0 aliphatic carbocycles. The molecule has 0 saturated carbocycles. The fourth-order valence-electron chi connectivity index (χ4n) is 2.41. The van der Waals surface area contributed by atoms with Gasteiger partial charge < -0.3 is 5.32 Å². The summed E-state index contributed by atoms with van der Waals surface area (Å²) in [5.41, 5.74) is 0.565. The summed E-state index contributed by atoms with van der Waals surface area (Å²) in [4.78, 5) is 8.84. The van der Waals surface area contributed by atoms with Crippen LogP contribution in [0.5, 0.6) is 0 Å². The highest BCUT2D eigenvalue weighted by atomic mass is 15.4. The van der Waals surface area contributed by atoms with E-state index in [9.17, 15) is 0 Å². The lowest BCUT2D eigenvalue weighted by Crippen LogP contribution is -2.23. The Morgan fingerprint density at radius 1 is 1.50 bits per heavy atom. The maximum Gasteiger partial charge on any atom is 0.150 e. The maximum absolute atomic E-state index is 8.78. The largest absolute Gasteiger partial charge is 0.360 e. The van der Waals surface area contributed by atoms with Crippen molar-refractivity contribution in [1.29, 1.82) is 5.26 Å². The first-order valence-corrected chi connectivity index (χ1v) is 6.86. The van der Waals surface area contributed by atoms with Crippen molar-refractivity contribution in [3.8, 4) is 6.07 Å². The monoisotopic (exact) mass is 268 g/mol. The number of nitriles is 1. The molecule has 1 N–H and O–H groups in total. The van der Waals surface area contributed by atoms with Crippen LogP contribution in [0.25, 0.3) is 0 Å². The second-order valence-electron chi connectivity index (χ2n) is 4.85. The van der Waals surface area contributed by atoms with E-state index >= 15 is 0 Å². The summed E-state index contributed by atoms with van der Waals surface area (Å²) in [5, 5.41) is 16.7. The van der Waals surface area contributed by atoms with Crippen LogP contribution in [0.15, 0.2) is 18.3 Å². The zero-order valence-electron chi connectivity index (χ0n) is 11.4. The van der Waals surface area contributed by atoms with E-state index < -0.39 is 0 Å². The van der Waals surface area contributed by atoms with Crippen LogP contribution in [-0.2, 0) is 13.0 Å². The molecule has 0 spiro atoms. The molecule has 3 rings (SSSR count). The van der Waals surface area contributed by atoms with Crippen LogP contribution < -0.4 is 5.32 Å². The fourth-order valence-corrected chi connectivity index (χ4v) is 2.41. The smallest absolute Gasteiger partial charge is 0.150 e. The van der Waals surface area contributed by atoms with E-state index in [1.54, 1.807) is 12.3 Å². The van der Waals surface area contributed by atoms with Gasteiger partial charge in [0.15, 0.2) is 5.82 Å². The summed E-state index contributed by atoms with van der Waals surface area (Å²) < 4.78 is 1.99. The molecule has 102 valence electrons. The third-order valence-electron chi connectivity index (χ3n) is 3.45. The van der Waals surface area contributed by atoms with E-state index in [1.165, 1.54) is 0 Å². The maximum atomic E-state index is 8.78. The Bertz CT molecular complexity index is 637. The zero-order chi connectivity index (χ0) is 13.9. The minimum absolute atomic E-state index is 0.136. The first-order chi connectivity index (χ1) is 9.80. The normalized spacial score (nSPS) is 17.3. The number of nitrogens with zero attached hydrogens (tertiary/aromatic N) is 5. The van der Waals surface area contributed by atoms with Crippen LogP contribution >= 0.6 is 0 Å². The highest BCUT2D eigenvalue weighted by Gasteiger charge is 2.24. The highest BCUT2D eigenvalue weighted by molar-refractivity contribution is 5.40. The number of aromatic nitrogens is 4. The van der Waals surface area contributed by atoms with Crippen molar-refractivity contribution in [2.75, 3.05) is 5.32 Å². The standard InChI is InChI=1S/C14H16N6/c1-2-12-18-14-11(4-3-7-20(14)19-12)17-13-6-5-10(8-15)9-16-13/h5-6,9,11H,2-4,7H2,1H3,(H,16,17)/t11-/m0/s1. The fraction of sp³-hybridized carbons (Fsp3) is 0.429. The van der Waals surface area contributed by atoms with Gasteiger partial charge in [0.05, 0.1) is 11.6 Å². The molecule has 0 radical (unpaired) electrons. The number of hydrogen-bond donors (Lipinski definition) is 1. The van der Waals surface area contributed by atoms with Gasteiger partial charge in [0, 0.05) is 19.2 Å². The average Bonchev–Trinajstić information content (AvgIpc) is 2.92. The summed E-state index contributed by atoms with van der Waals surface area (Å²) in [6, 6.07) is 5.80. The molecular formula is C14H16N6. The molecule has 1 aliphatic heterocycles. The Kier molecular flexibility index (Phi) is 3.33. The van der Waals surface area contributed by atoms with Gasteiger partial charge in [-0.1, -0.05) is 6.92 Å². The van der Waals surface area contributed by atoms with Crippen molar-refractivity contribution in [2.24, 2.45) is 0 Å². The van der Waals surface area contributed by atoms with Crippen LogP contribution in [0.4, 0.5) is 5.82 Å². The van der Waals surface area contributed by atoms with Gasteiger partial charge >= 0.3 is 0 Å². The van der Waals surface area contributed by atoms with Crippen molar-refractivity contribution in [2.45, 2.75) is 38.8 Å². The summed E-state index contributed by atoms with van der Waals surface area (Å²) in [6.45, 7) is 2.99. The molecule has 2 aromatic rings. The molecule has 6 nitrogen and oxygen atoms in total. The number of aryl methyl sites for hydroxylation is 2. The molecule has 1 aliphatic rings. The highest BCUT2D eigenvalue weighted by Crippen LogP contribution is 2.26. The lowest BCUT2D eigenvalue weighted by molar-refractivity contribution is 0.436. The SMILES string of the molecule is CCc1nc2n(n1)CCC[C@@H]2Nc1ccc(C#N)cn1. The van der Waals surface area contributed by atoms with Crippen molar-refractivity contribution in [1.82, 2.24) is 19.7 Å². The number of hydrogen-bond acceptors (Lipinski definition) is 5. The Hall–Kier alpha value is -2.42. The van der Waals surface area contributed by atoms with E-state index in [0.29, 0.717) is 5.56 Å². The number of rotatable bonds is 3. The first-order valence-electron chi connectivity index (χ1n) is 6.86. The lowest BCUT2D eigenvalue weighted by Gasteiger charge is -2.23. The molecule has 0 fully saturated rings. The number of fused-ring (bicyclic) bond motifs is 1. The molecule has 3 heterocycles. The Labute approximate surface area is 117 Å².